The molecule has 0 bridgehead atoms. The van der Waals surface area contributed by atoms with Gasteiger partial charge in [-0.2, -0.15) is 5.10 Å². The molecular weight excluding hydrogens is 424 g/mol. The van der Waals surface area contributed by atoms with Gasteiger partial charge in [-0.3, -0.25) is 9.48 Å². The summed E-state index contributed by atoms with van der Waals surface area (Å²) in [6, 6.07) is 0. The van der Waals surface area contributed by atoms with Crippen LogP contribution < -0.4 is 0 Å². The van der Waals surface area contributed by atoms with Gasteiger partial charge in [-0.15, -0.1) is 0 Å². The Morgan fingerprint density at radius 3 is 2.18 bits per heavy atom. The van der Waals surface area contributed by atoms with E-state index in [0.29, 0.717) is 23.3 Å². The largest absolute Gasteiger partial charge is 0.504 e. The summed E-state index contributed by atoms with van der Waals surface area (Å²) in [7, 11) is 1.87. The van der Waals surface area contributed by atoms with Gasteiger partial charge in [0.05, 0.1) is 35.4 Å². The van der Waals surface area contributed by atoms with E-state index in [1.54, 1.807) is 31.6 Å². The van der Waals surface area contributed by atoms with Crippen LogP contribution in [0.2, 0.25) is 0 Å². The maximum atomic E-state index is 9.39. The number of hydrogen-bond acceptors (Lipinski definition) is 6. The third-order valence-corrected chi connectivity index (χ3v) is 4.74. The third-order valence-electron chi connectivity index (χ3n) is 4.21. The fraction of sp³-hybridized carbons (Fsp3) is 0.600. The van der Waals surface area contributed by atoms with Crippen molar-refractivity contribution < 1.29 is 14.6 Å². The summed E-state index contributed by atoms with van der Waals surface area (Å²) in [6.45, 7) is 5.79. The van der Waals surface area contributed by atoms with Gasteiger partial charge in [-0.25, -0.2) is 9.97 Å². The van der Waals surface area contributed by atoms with Crippen molar-refractivity contribution in [1.82, 2.24) is 19.7 Å². The first-order valence-electron chi connectivity index (χ1n) is 9.59. The predicted molar refractivity (Wildman–Crippen MR) is 113 cm³/mol. The lowest BCUT2D eigenvalue weighted by molar-refractivity contribution is -0.131. The van der Waals surface area contributed by atoms with Crippen LogP contribution in [0.5, 0.6) is 5.75 Å². The fourth-order valence-electron chi connectivity index (χ4n) is 2.57. The molecule has 0 aliphatic heterocycles. The van der Waals surface area contributed by atoms with Crippen LogP contribution in [0.15, 0.2) is 12.4 Å². The van der Waals surface area contributed by atoms with Crippen LogP contribution >= 0.6 is 15.9 Å². The molecule has 1 N–H and O–H groups in total. The second-order valence-electron chi connectivity index (χ2n) is 6.83. The molecule has 2 aromatic heterocycles. The zero-order valence-corrected chi connectivity index (χ0v) is 18.8. The Morgan fingerprint density at radius 2 is 1.79 bits per heavy atom. The minimum absolute atomic E-state index is 0.0301. The number of nitrogens with zero attached hydrogens (tertiary/aromatic N) is 4. The van der Waals surface area contributed by atoms with E-state index in [9.17, 15) is 9.90 Å². The normalized spacial score (nSPS) is 13.1. The van der Waals surface area contributed by atoms with Crippen LogP contribution in [-0.2, 0) is 21.9 Å². The van der Waals surface area contributed by atoms with Crippen molar-refractivity contribution in [2.75, 3.05) is 0 Å². The van der Waals surface area contributed by atoms with E-state index < -0.39 is 0 Å². The maximum absolute atomic E-state index is 9.39. The summed E-state index contributed by atoms with van der Waals surface area (Å²) in [5.41, 5.74) is 2.45. The first-order chi connectivity index (χ1) is 13.4. The van der Waals surface area contributed by atoms with Crippen molar-refractivity contribution in [3.8, 4) is 17.1 Å². The minimum atomic E-state index is 0.0301. The molecular formula is C20H31BrN4O3. The summed E-state index contributed by atoms with van der Waals surface area (Å²) in [5.74, 6) is 0.686. The average Bonchev–Trinajstić information content (AvgIpc) is 3.07. The minimum Gasteiger partial charge on any atom is -0.504 e. The van der Waals surface area contributed by atoms with Gasteiger partial charge in [0.1, 0.15) is 0 Å². The molecule has 0 unspecified atom stereocenters. The molecule has 0 amide bonds. The van der Waals surface area contributed by atoms with Gasteiger partial charge < -0.3 is 9.84 Å². The van der Waals surface area contributed by atoms with Crippen molar-refractivity contribution in [1.29, 1.82) is 0 Å². The molecule has 0 radical (unpaired) electrons. The molecule has 0 spiro atoms. The third kappa shape index (κ3) is 8.37. The van der Waals surface area contributed by atoms with Crippen LogP contribution in [0, 0.1) is 6.92 Å². The summed E-state index contributed by atoms with van der Waals surface area (Å²) >= 11 is 3.40. The quantitative estimate of drug-likeness (QED) is 0.531. The van der Waals surface area contributed by atoms with Gasteiger partial charge in [-0.1, -0.05) is 54.5 Å². The monoisotopic (exact) mass is 454 g/mol. The Kier molecular flexibility index (Phi) is 11.4. The smallest absolute Gasteiger partial charge is 0.293 e. The van der Waals surface area contributed by atoms with Gasteiger partial charge in [0.25, 0.3) is 6.47 Å². The second-order valence-corrected chi connectivity index (χ2v) is 7.39. The molecule has 1 saturated carbocycles. The lowest BCUT2D eigenvalue weighted by Crippen LogP contribution is -1.98. The van der Waals surface area contributed by atoms with Crippen LogP contribution in [0.25, 0.3) is 11.4 Å². The van der Waals surface area contributed by atoms with Crippen molar-refractivity contribution in [3.63, 3.8) is 0 Å². The molecule has 28 heavy (non-hydrogen) atoms. The molecule has 2 heterocycles. The van der Waals surface area contributed by atoms with Crippen molar-refractivity contribution in [3.05, 3.63) is 23.8 Å². The van der Waals surface area contributed by atoms with Crippen molar-refractivity contribution in [2.24, 2.45) is 7.05 Å². The van der Waals surface area contributed by atoms with E-state index in [-0.39, 0.29) is 11.9 Å². The summed E-state index contributed by atoms with van der Waals surface area (Å²) < 4.78 is 6.13. The summed E-state index contributed by atoms with van der Waals surface area (Å²) in [4.78, 5) is 17.7. The molecule has 0 aromatic carbocycles. The molecule has 1 fully saturated rings. The molecule has 1 aliphatic carbocycles. The van der Waals surface area contributed by atoms with Crippen LogP contribution in [0.1, 0.15) is 63.8 Å². The van der Waals surface area contributed by atoms with Crippen LogP contribution in [0.3, 0.4) is 0 Å². The highest BCUT2D eigenvalue weighted by molar-refractivity contribution is 9.08. The molecule has 0 atom stereocenters. The Balaban J connectivity index is 0.000000268. The predicted octanol–water partition coefficient (Wildman–Crippen LogP) is 4.69. The zero-order valence-electron chi connectivity index (χ0n) is 17.2. The lowest BCUT2D eigenvalue weighted by atomic mass is 10.0. The van der Waals surface area contributed by atoms with E-state index in [0.717, 1.165) is 11.3 Å². The van der Waals surface area contributed by atoms with Crippen LogP contribution in [0.4, 0.5) is 0 Å². The topological polar surface area (TPSA) is 90.1 Å². The van der Waals surface area contributed by atoms with Gasteiger partial charge in [0.2, 0.25) is 0 Å². The number of aromatic hydroxyl groups is 1. The first kappa shape index (κ1) is 24.1. The van der Waals surface area contributed by atoms with Crippen LogP contribution in [-0.4, -0.2) is 37.4 Å². The van der Waals surface area contributed by atoms with Crippen molar-refractivity contribution in [2.45, 2.75) is 70.7 Å². The number of halogens is 1. The molecule has 156 valence electrons. The van der Waals surface area contributed by atoms with Gasteiger partial charge >= 0.3 is 0 Å². The maximum Gasteiger partial charge on any atom is 0.293 e. The summed E-state index contributed by atoms with van der Waals surface area (Å²) in [6.07, 6.45) is 12.2. The number of hydrogen-bond donors (Lipinski definition) is 1. The SMILES string of the molecule is C1CCCCC1.CC(C)OC=O.Cc1nc(-c2cnn(C)c2CBr)ncc1O. The molecule has 0 saturated heterocycles. The fourth-order valence-corrected chi connectivity index (χ4v) is 3.24. The standard InChI is InChI=1S/C10H11BrN4O.C6H12.C4H8O2/c1-6-9(16)5-12-10(14-6)7-4-13-15(2)8(7)3-11;1-2-4-6-5-3-1;1-4(2)6-3-5/h4-5,16H,3H2,1-2H3;1-6H2;3-4H,1-2H3. The highest BCUT2D eigenvalue weighted by Crippen LogP contribution is 2.23. The highest BCUT2D eigenvalue weighted by Gasteiger charge is 2.12. The Morgan fingerprint density at radius 1 is 1.21 bits per heavy atom. The number of carbonyl (C=O) groups excluding carboxylic acids is 1. The molecule has 2 aromatic rings. The average molecular weight is 455 g/mol. The molecule has 3 rings (SSSR count). The number of ether oxygens (including phenoxy) is 1. The van der Waals surface area contributed by atoms with E-state index in [1.165, 1.54) is 44.7 Å². The van der Waals surface area contributed by atoms with E-state index >= 15 is 0 Å². The molecule has 8 heteroatoms. The number of alkyl halides is 1. The first-order valence-corrected chi connectivity index (χ1v) is 10.7. The second kappa shape index (κ2) is 13.3. The Hall–Kier alpha value is -1.96. The van der Waals surface area contributed by atoms with Gasteiger partial charge in [0, 0.05) is 12.4 Å². The number of aromatic nitrogens is 4. The Bertz CT molecular complexity index is 704. The molecule has 1 aliphatic rings. The zero-order chi connectivity index (χ0) is 20.9. The lowest BCUT2D eigenvalue weighted by Gasteiger charge is -2.05. The number of rotatable bonds is 4. The van der Waals surface area contributed by atoms with Gasteiger partial charge in [-0.05, 0) is 20.8 Å². The van der Waals surface area contributed by atoms with Gasteiger partial charge in [0.15, 0.2) is 11.6 Å². The van der Waals surface area contributed by atoms with E-state index in [1.807, 2.05) is 7.05 Å². The number of aryl methyl sites for hydroxylation is 2. The summed E-state index contributed by atoms with van der Waals surface area (Å²) in [5, 5.41) is 14.2. The Labute approximate surface area is 175 Å². The van der Waals surface area contributed by atoms with Crippen molar-refractivity contribution >= 4 is 22.4 Å². The van der Waals surface area contributed by atoms with E-state index in [2.05, 4.69) is 35.7 Å². The van der Waals surface area contributed by atoms with E-state index in [4.69, 9.17) is 0 Å². The molecule has 7 nitrogen and oxygen atoms in total. The highest BCUT2D eigenvalue weighted by atomic mass is 79.9. The number of carbonyl (C=O) groups is 1.